The Hall–Kier alpha value is -2.77. The molecule has 0 unspecified atom stereocenters. The molecule has 2 aromatic carbocycles. The van der Waals surface area contributed by atoms with Crippen molar-refractivity contribution >= 4 is 58.0 Å². The number of thiocarbonyl (C=S) groups is 1. The fourth-order valence-electron chi connectivity index (χ4n) is 2.58. The zero-order chi connectivity index (χ0) is 19.7. The van der Waals surface area contributed by atoms with Crippen LogP contribution in [0.2, 0.25) is 5.02 Å². The van der Waals surface area contributed by atoms with Crippen molar-refractivity contribution < 1.29 is 14.4 Å². The molecule has 138 valence electrons. The molecule has 6 nitrogen and oxygen atoms in total. The summed E-state index contributed by atoms with van der Waals surface area (Å²) in [6, 6.07) is 11.3. The molecule has 27 heavy (non-hydrogen) atoms. The lowest BCUT2D eigenvalue weighted by Gasteiger charge is -2.17. The second-order valence-electron chi connectivity index (χ2n) is 6.25. The normalized spacial score (nSPS) is 13.0. The first-order valence-corrected chi connectivity index (χ1v) is 8.97. The lowest BCUT2D eigenvalue weighted by Crippen LogP contribution is -2.36. The third-order valence-corrected chi connectivity index (χ3v) is 4.53. The molecule has 1 aliphatic heterocycles. The third kappa shape index (κ3) is 3.70. The van der Waals surface area contributed by atoms with Gasteiger partial charge in [-0.1, -0.05) is 37.6 Å². The molecule has 2 N–H and O–H groups in total. The average Bonchev–Trinajstić information content (AvgIpc) is 2.88. The summed E-state index contributed by atoms with van der Waals surface area (Å²) in [5, 5.41) is 5.76. The minimum atomic E-state index is -0.396. The number of rotatable bonds is 3. The summed E-state index contributed by atoms with van der Waals surface area (Å²) < 4.78 is 0. The van der Waals surface area contributed by atoms with E-state index < -0.39 is 11.8 Å². The van der Waals surface area contributed by atoms with E-state index in [1.165, 1.54) is 6.07 Å². The van der Waals surface area contributed by atoms with Gasteiger partial charge in [-0.25, -0.2) is 4.90 Å². The van der Waals surface area contributed by atoms with Crippen molar-refractivity contribution in [3.8, 4) is 0 Å². The number of hydrogen-bond donors (Lipinski definition) is 2. The van der Waals surface area contributed by atoms with Crippen molar-refractivity contribution in [1.29, 1.82) is 0 Å². The van der Waals surface area contributed by atoms with E-state index >= 15 is 0 Å². The van der Waals surface area contributed by atoms with Crippen molar-refractivity contribution in [3.05, 3.63) is 58.6 Å². The summed E-state index contributed by atoms with van der Waals surface area (Å²) in [6.07, 6.45) is 0. The fourth-order valence-corrected chi connectivity index (χ4v) is 3.01. The van der Waals surface area contributed by atoms with Crippen molar-refractivity contribution in [2.45, 2.75) is 13.8 Å². The van der Waals surface area contributed by atoms with Gasteiger partial charge in [0.15, 0.2) is 5.11 Å². The van der Waals surface area contributed by atoms with Gasteiger partial charge in [-0.05, 0) is 42.5 Å². The van der Waals surface area contributed by atoms with E-state index in [0.29, 0.717) is 22.5 Å². The number of carbonyl (C=O) groups is 3. The Bertz CT molecular complexity index is 939. The van der Waals surface area contributed by atoms with Crippen LogP contribution in [-0.4, -0.2) is 22.8 Å². The van der Waals surface area contributed by atoms with Crippen LogP contribution in [0.15, 0.2) is 42.5 Å². The maximum absolute atomic E-state index is 12.5. The first-order chi connectivity index (χ1) is 12.8. The van der Waals surface area contributed by atoms with Gasteiger partial charge in [0.25, 0.3) is 11.8 Å². The van der Waals surface area contributed by atoms with Crippen molar-refractivity contribution in [3.63, 3.8) is 0 Å². The van der Waals surface area contributed by atoms with Gasteiger partial charge >= 0.3 is 0 Å². The maximum atomic E-state index is 12.5. The van der Waals surface area contributed by atoms with Crippen LogP contribution in [0.5, 0.6) is 0 Å². The standard InChI is InChI=1S/C19H16ClN3O3S/c1-10(2)16(24)22-19(27)21-15-8-7-11(9-14(15)20)23-17(25)12-5-3-4-6-13(12)18(23)26/h3-10H,1-2H3,(H2,21,22,24,27). The number of halogens is 1. The number of carbonyl (C=O) groups excluding carboxylic acids is 3. The molecule has 0 saturated carbocycles. The third-order valence-electron chi connectivity index (χ3n) is 4.01. The fraction of sp³-hybridized carbons (Fsp3) is 0.158. The highest BCUT2D eigenvalue weighted by Gasteiger charge is 2.36. The Kier molecular flexibility index (Phi) is 5.25. The summed E-state index contributed by atoms with van der Waals surface area (Å²) in [7, 11) is 0. The minimum Gasteiger partial charge on any atom is -0.331 e. The van der Waals surface area contributed by atoms with E-state index in [2.05, 4.69) is 10.6 Å². The summed E-state index contributed by atoms with van der Waals surface area (Å²) in [5.41, 5.74) is 1.52. The maximum Gasteiger partial charge on any atom is 0.266 e. The molecule has 3 amide bonds. The quantitative estimate of drug-likeness (QED) is 0.606. The largest absolute Gasteiger partial charge is 0.331 e. The second kappa shape index (κ2) is 7.46. The van der Waals surface area contributed by atoms with E-state index in [0.717, 1.165) is 4.90 Å². The van der Waals surface area contributed by atoms with Gasteiger partial charge in [-0.15, -0.1) is 0 Å². The molecule has 0 atom stereocenters. The number of fused-ring (bicyclic) bond motifs is 1. The first-order valence-electron chi connectivity index (χ1n) is 8.19. The number of nitrogens with one attached hydrogen (secondary N) is 2. The van der Waals surface area contributed by atoms with Crippen LogP contribution < -0.4 is 15.5 Å². The number of nitrogens with zero attached hydrogens (tertiary/aromatic N) is 1. The van der Waals surface area contributed by atoms with Crippen LogP contribution in [0.4, 0.5) is 11.4 Å². The molecule has 0 aromatic heterocycles. The van der Waals surface area contributed by atoms with Crippen molar-refractivity contribution in [2.75, 3.05) is 10.2 Å². The Morgan fingerprint density at radius 1 is 1.07 bits per heavy atom. The van der Waals surface area contributed by atoms with Crippen molar-refractivity contribution in [2.24, 2.45) is 5.92 Å². The highest BCUT2D eigenvalue weighted by Crippen LogP contribution is 2.32. The van der Waals surface area contributed by atoms with Crippen LogP contribution >= 0.6 is 23.8 Å². The number of anilines is 2. The van der Waals surface area contributed by atoms with Gasteiger partial charge < -0.3 is 10.6 Å². The zero-order valence-corrected chi connectivity index (χ0v) is 16.1. The summed E-state index contributed by atoms with van der Waals surface area (Å²) in [6.45, 7) is 3.50. The number of benzene rings is 2. The zero-order valence-electron chi connectivity index (χ0n) is 14.6. The molecule has 0 aliphatic carbocycles. The Labute approximate surface area is 166 Å². The summed E-state index contributed by atoms with van der Waals surface area (Å²) >= 11 is 11.4. The lowest BCUT2D eigenvalue weighted by atomic mass is 10.1. The smallest absolute Gasteiger partial charge is 0.266 e. The molecule has 0 bridgehead atoms. The minimum absolute atomic E-state index is 0.115. The number of imide groups is 1. The molecule has 1 heterocycles. The van der Waals surface area contributed by atoms with Crippen LogP contribution in [-0.2, 0) is 4.79 Å². The molecule has 8 heteroatoms. The van der Waals surface area contributed by atoms with Crippen LogP contribution in [0.25, 0.3) is 0 Å². The molecule has 0 radical (unpaired) electrons. The van der Waals surface area contributed by atoms with Crippen LogP contribution in [0.3, 0.4) is 0 Å². The molecule has 3 rings (SSSR count). The SMILES string of the molecule is CC(C)C(=O)NC(=S)Nc1ccc(N2C(=O)c3ccccc3C2=O)cc1Cl. The topological polar surface area (TPSA) is 78.5 Å². The van der Waals surface area contributed by atoms with E-state index in [1.54, 1.807) is 50.2 Å². The molecular weight excluding hydrogens is 386 g/mol. The van der Waals surface area contributed by atoms with Gasteiger partial charge in [0.05, 0.1) is 27.5 Å². The summed E-state index contributed by atoms with van der Waals surface area (Å²) in [5.74, 6) is -1.22. The van der Waals surface area contributed by atoms with Gasteiger partial charge in [-0.3, -0.25) is 14.4 Å². The molecule has 0 spiro atoms. The van der Waals surface area contributed by atoms with E-state index in [9.17, 15) is 14.4 Å². The predicted molar refractivity (Wildman–Crippen MR) is 108 cm³/mol. The first kappa shape index (κ1) is 19.0. The Morgan fingerprint density at radius 3 is 2.19 bits per heavy atom. The number of amides is 3. The highest BCUT2D eigenvalue weighted by molar-refractivity contribution is 7.80. The lowest BCUT2D eigenvalue weighted by molar-refractivity contribution is -0.122. The van der Waals surface area contributed by atoms with E-state index in [-0.39, 0.29) is 22.0 Å². The Morgan fingerprint density at radius 2 is 1.67 bits per heavy atom. The van der Waals surface area contributed by atoms with E-state index in [1.807, 2.05) is 0 Å². The monoisotopic (exact) mass is 401 g/mol. The molecule has 0 saturated heterocycles. The van der Waals surface area contributed by atoms with E-state index in [4.69, 9.17) is 23.8 Å². The molecule has 1 aliphatic rings. The van der Waals surface area contributed by atoms with Crippen LogP contribution in [0, 0.1) is 5.92 Å². The molecule has 2 aromatic rings. The second-order valence-corrected chi connectivity index (χ2v) is 7.07. The van der Waals surface area contributed by atoms with Crippen molar-refractivity contribution in [1.82, 2.24) is 5.32 Å². The molecular formula is C19H16ClN3O3S. The van der Waals surface area contributed by atoms with Gasteiger partial charge in [0, 0.05) is 5.92 Å². The predicted octanol–water partition coefficient (Wildman–Crippen LogP) is 3.61. The van der Waals surface area contributed by atoms with Gasteiger partial charge in [0.1, 0.15) is 0 Å². The van der Waals surface area contributed by atoms with Gasteiger partial charge in [0.2, 0.25) is 5.91 Å². The Balaban J connectivity index is 1.80. The molecule has 0 fully saturated rings. The summed E-state index contributed by atoms with van der Waals surface area (Å²) in [4.78, 5) is 37.9. The average molecular weight is 402 g/mol. The number of hydrogen-bond acceptors (Lipinski definition) is 4. The van der Waals surface area contributed by atoms with Gasteiger partial charge in [-0.2, -0.15) is 0 Å². The highest BCUT2D eigenvalue weighted by atomic mass is 35.5. The van der Waals surface area contributed by atoms with Crippen LogP contribution in [0.1, 0.15) is 34.6 Å².